The van der Waals surface area contributed by atoms with Crippen molar-refractivity contribution in [2.24, 2.45) is 5.92 Å². The van der Waals surface area contributed by atoms with E-state index < -0.39 is 0 Å². The van der Waals surface area contributed by atoms with Gasteiger partial charge in [0.2, 0.25) is 0 Å². The molecule has 0 atom stereocenters. The fourth-order valence-corrected chi connectivity index (χ4v) is 3.55. The van der Waals surface area contributed by atoms with Gasteiger partial charge in [0.25, 0.3) is 0 Å². The van der Waals surface area contributed by atoms with E-state index in [9.17, 15) is 0 Å². The first-order chi connectivity index (χ1) is 17.0. The highest BCUT2D eigenvalue weighted by molar-refractivity contribution is 5.71. The Hall–Kier alpha value is -1.82. The molecule has 0 aliphatic rings. The van der Waals surface area contributed by atoms with Crippen LogP contribution >= 0.6 is 0 Å². The van der Waals surface area contributed by atoms with Crippen molar-refractivity contribution in [2.75, 3.05) is 0 Å². The van der Waals surface area contributed by atoms with Crippen LogP contribution in [-0.2, 0) is 6.42 Å². The summed E-state index contributed by atoms with van der Waals surface area (Å²) in [5.41, 5.74) is 12.7. The summed E-state index contributed by atoms with van der Waals surface area (Å²) < 4.78 is 0. The molecule has 0 nitrogen and oxygen atoms in total. The van der Waals surface area contributed by atoms with Gasteiger partial charge in [0.05, 0.1) is 0 Å². The Kier molecular flexibility index (Phi) is 30.1. The third-order valence-corrected chi connectivity index (χ3v) is 5.81. The van der Waals surface area contributed by atoms with Crippen molar-refractivity contribution in [2.45, 2.75) is 143 Å². The second-order valence-electron chi connectivity index (χ2n) is 9.10. The van der Waals surface area contributed by atoms with Crippen molar-refractivity contribution < 1.29 is 0 Å². The molecule has 0 amide bonds. The fourth-order valence-electron chi connectivity index (χ4n) is 3.55. The lowest BCUT2D eigenvalue weighted by atomic mass is 9.91. The number of allylic oxidation sites excluding steroid dienone is 7. The van der Waals surface area contributed by atoms with Crippen molar-refractivity contribution in [3.63, 3.8) is 0 Å². The lowest BCUT2D eigenvalue weighted by molar-refractivity contribution is 0.768. The predicted octanol–water partition coefficient (Wildman–Crippen LogP) is 13.1. The predicted molar refractivity (Wildman–Crippen MR) is 174 cm³/mol. The third-order valence-electron chi connectivity index (χ3n) is 5.81. The number of rotatable bonds is 8. The zero-order chi connectivity index (χ0) is 29.4. The lowest BCUT2D eigenvalue weighted by Crippen LogP contribution is -1.94. The minimum atomic E-state index is 0.619. The summed E-state index contributed by atoms with van der Waals surface area (Å²) >= 11 is 0. The molecule has 210 valence electrons. The van der Waals surface area contributed by atoms with Crippen molar-refractivity contribution in [3.8, 4) is 0 Å². The van der Waals surface area contributed by atoms with Crippen molar-refractivity contribution in [1.82, 2.24) is 0 Å². The van der Waals surface area contributed by atoms with Crippen LogP contribution in [0.4, 0.5) is 0 Å². The lowest BCUT2D eigenvalue weighted by Gasteiger charge is -2.14. The van der Waals surface area contributed by atoms with E-state index >= 15 is 0 Å². The summed E-state index contributed by atoms with van der Waals surface area (Å²) in [6.07, 6.45) is 6.97. The molecular formula is C36H66. The number of hydrogen-bond donors (Lipinski definition) is 0. The summed E-state index contributed by atoms with van der Waals surface area (Å²) in [5, 5.41) is 0. The summed E-state index contributed by atoms with van der Waals surface area (Å²) in [5.74, 6) is 0.619. The second-order valence-corrected chi connectivity index (χ2v) is 9.10. The summed E-state index contributed by atoms with van der Waals surface area (Å²) in [4.78, 5) is 0. The second kappa shape index (κ2) is 26.2. The Bertz CT molecular complexity index is 774. The maximum absolute atomic E-state index is 3.99. The molecule has 0 saturated heterocycles. The van der Waals surface area contributed by atoms with Gasteiger partial charge in [0.1, 0.15) is 0 Å². The highest BCUT2D eigenvalue weighted by Crippen LogP contribution is 2.28. The van der Waals surface area contributed by atoms with Gasteiger partial charge in [-0.25, -0.2) is 0 Å². The maximum atomic E-state index is 3.99. The van der Waals surface area contributed by atoms with Gasteiger partial charge in [-0.1, -0.05) is 136 Å². The largest absolute Gasteiger partial charge is 0.0955 e. The third kappa shape index (κ3) is 17.6. The monoisotopic (exact) mass is 499 g/mol. The first-order valence-electron chi connectivity index (χ1n) is 14.8. The van der Waals surface area contributed by atoms with E-state index in [0.29, 0.717) is 5.92 Å². The van der Waals surface area contributed by atoms with E-state index in [2.05, 4.69) is 107 Å². The molecule has 0 spiro atoms. The number of aryl methyl sites for hydroxylation is 2. The molecule has 0 bridgehead atoms. The van der Waals surface area contributed by atoms with E-state index in [4.69, 9.17) is 0 Å². The van der Waals surface area contributed by atoms with E-state index in [1.165, 1.54) is 46.3 Å². The standard InChI is InChI=1S/C17H26.C13H22.3C2H6/c1-6-9-13(4)16(8-3)17-12-15(7-2)11-10-14(17)5;1-9(2)12(7)8-13(10(3)4)11(5)6;3*1-2/h10-12H,6-9H2,1-5H3;8-9H,3H2,1-2,4-7H3;3*1-2H3/b16-13+;12-8+;;;. The van der Waals surface area contributed by atoms with Gasteiger partial charge in [-0.3, -0.25) is 0 Å². The zero-order valence-corrected chi connectivity index (χ0v) is 27.9. The molecule has 0 aliphatic heterocycles. The van der Waals surface area contributed by atoms with E-state index in [-0.39, 0.29) is 0 Å². The molecule has 1 rings (SSSR count). The molecule has 0 fully saturated rings. The Morgan fingerprint density at radius 2 is 1.36 bits per heavy atom. The topological polar surface area (TPSA) is 0 Å². The van der Waals surface area contributed by atoms with Crippen LogP contribution in [0.5, 0.6) is 0 Å². The van der Waals surface area contributed by atoms with Crippen molar-refractivity contribution in [1.29, 1.82) is 0 Å². The normalized spacial score (nSPS) is 10.7. The summed E-state index contributed by atoms with van der Waals surface area (Å²) in [6, 6.07) is 6.90. The van der Waals surface area contributed by atoms with Gasteiger partial charge in [0.15, 0.2) is 0 Å². The maximum Gasteiger partial charge on any atom is -0.0193 e. The first kappa shape index (κ1) is 41.3. The quantitative estimate of drug-likeness (QED) is 0.312. The molecule has 0 unspecified atom stereocenters. The van der Waals surface area contributed by atoms with Gasteiger partial charge in [-0.15, -0.1) is 0 Å². The van der Waals surface area contributed by atoms with Crippen LogP contribution in [0, 0.1) is 12.8 Å². The Morgan fingerprint density at radius 1 is 0.861 bits per heavy atom. The zero-order valence-electron chi connectivity index (χ0n) is 27.9. The molecule has 36 heavy (non-hydrogen) atoms. The first-order valence-corrected chi connectivity index (χ1v) is 14.8. The van der Waals surface area contributed by atoms with Crippen LogP contribution < -0.4 is 0 Å². The van der Waals surface area contributed by atoms with Crippen LogP contribution in [0.25, 0.3) is 5.57 Å². The van der Waals surface area contributed by atoms with E-state index in [1.807, 2.05) is 41.5 Å². The van der Waals surface area contributed by atoms with Gasteiger partial charge in [-0.05, 0) is 94.6 Å². The van der Waals surface area contributed by atoms with Gasteiger partial charge < -0.3 is 0 Å². The Balaban J connectivity index is -0.000000241. The molecule has 0 aromatic heterocycles. The molecule has 0 N–H and O–H groups in total. The molecule has 0 heterocycles. The smallest absolute Gasteiger partial charge is 0.0193 e. The van der Waals surface area contributed by atoms with Gasteiger partial charge >= 0.3 is 0 Å². The summed E-state index contributed by atoms with van der Waals surface area (Å²) in [6.45, 7) is 40.2. The summed E-state index contributed by atoms with van der Waals surface area (Å²) in [7, 11) is 0. The van der Waals surface area contributed by atoms with Gasteiger partial charge in [-0.2, -0.15) is 0 Å². The highest BCUT2D eigenvalue weighted by Gasteiger charge is 2.07. The van der Waals surface area contributed by atoms with Crippen LogP contribution in [-0.4, -0.2) is 0 Å². The van der Waals surface area contributed by atoms with E-state index in [1.54, 1.807) is 11.1 Å². The van der Waals surface area contributed by atoms with E-state index in [0.717, 1.165) is 18.4 Å². The average Bonchev–Trinajstić information content (AvgIpc) is 2.87. The molecular weight excluding hydrogens is 432 g/mol. The molecule has 0 saturated carbocycles. The van der Waals surface area contributed by atoms with Crippen molar-refractivity contribution in [3.05, 3.63) is 75.4 Å². The van der Waals surface area contributed by atoms with Crippen LogP contribution in [0.1, 0.15) is 147 Å². The molecule has 1 aromatic carbocycles. The minimum Gasteiger partial charge on any atom is -0.0955 e. The molecule has 0 radical (unpaired) electrons. The average molecular weight is 499 g/mol. The number of hydrogen-bond acceptors (Lipinski definition) is 0. The Labute approximate surface area is 230 Å². The van der Waals surface area contributed by atoms with Crippen LogP contribution in [0.15, 0.2) is 58.7 Å². The SMILES string of the molecule is C=C(C)C(/C=C(\C)C(C)C)=C(C)C.CC.CC.CC.CCC/C(C)=C(\CC)c1cc(CC)ccc1C. The van der Waals surface area contributed by atoms with Gasteiger partial charge in [0, 0.05) is 0 Å². The fraction of sp³-hybridized carbons (Fsp3) is 0.611. The van der Waals surface area contributed by atoms with Crippen molar-refractivity contribution >= 4 is 5.57 Å². The highest BCUT2D eigenvalue weighted by atomic mass is 14.1. The number of benzene rings is 1. The molecule has 0 aliphatic carbocycles. The Morgan fingerprint density at radius 3 is 1.69 bits per heavy atom. The molecule has 1 aromatic rings. The minimum absolute atomic E-state index is 0.619. The van der Waals surface area contributed by atoms with Crippen LogP contribution in [0.2, 0.25) is 0 Å². The van der Waals surface area contributed by atoms with Crippen LogP contribution in [0.3, 0.4) is 0 Å². The molecule has 0 heteroatoms.